The van der Waals surface area contributed by atoms with Crippen molar-refractivity contribution in [2.24, 2.45) is 0 Å². The Kier molecular flexibility index (Phi) is 8.23. The lowest BCUT2D eigenvalue weighted by atomic mass is 10.1. The lowest BCUT2D eigenvalue weighted by Crippen LogP contribution is -2.51. The van der Waals surface area contributed by atoms with E-state index in [9.17, 15) is 14.7 Å². The number of benzene rings is 2. The fourth-order valence-electron chi connectivity index (χ4n) is 3.83. The van der Waals surface area contributed by atoms with Crippen molar-refractivity contribution in [2.75, 3.05) is 26.9 Å². The summed E-state index contributed by atoms with van der Waals surface area (Å²) in [6, 6.07) is 17.4. The maximum Gasteiger partial charge on any atom is 0.268 e. The highest BCUT2D eigenvalue weighted by Gasteiger charge is 2.38. The molecule has 1 aliphatic rings. The number of methoxy groups -OCH3 is 1. The maximum absolute atomic E-state index is 13.6. The number of thiophene rings is 1. The molecule has 184 valence electrons. The number of fused-ring (bicyclic) bond motifs is 1. The third-order valence-corrected chi connectivity index (χ3v) is 6.55. The molecule has 0 saturated carbocycles. The second kappa shape index (κ2) is 11.7. The molecule has 0 spiro atoms. The van der Waals surface area contributed by atoms with E-state index in [1.54, 1.807) is 25.3 Å². The van der Waals surface area contributed by atoms with Gasteiger partial charge >= 0.3 is 0 Å². The number of aliphatic hydroxyl groups excluding tert-OH is 1. The first-order chi connectivity index (χ1) is 17.1. The zero-order valence-electron chi connectivity index (χ0n) is 19.4. The maximum atomic E-state index is 13.6. The summed E-state index contributed by atoms with van der Waals surface area (Å²) in [5.41, 5.74) is 0.901. The SMILES string of the molecule is COc1ccc(CNC(=O)[C@@H](c2cccs2)N(CCCO)C(=O)[C@H]2COc3ccccc3O2)cc1. The Morgan fingerprint density at radius 2 is 1.91 bits per heavy atom. The molecule has 4 rings (SSSR count). The van der Waals surface area contributed by atoms with Crippen LogP contribution in [-0.4, -0.2) is 54.8 Å². The van der Waals surface area contributed by atoms with Crippen LogP contribution in [0.25, 0.3) is 0 Å². The standard InChI is InChI=1S/C26H28N2O6S/c1-32-19-11-9-18(10-12-19)16-27-25(30)24(23-8-4-15-35-23)28(13-5-14-29)26(31)22-17-33-20-6-2-3-7-21(20)34-22/h2-4,6-12,15,22,24,29H,5,13-14,16-17H2,1H3,(H,27,30)/t22-,24-/m1/s1. The molecule has 0 radical (unpaired) electrons. The first kappa shape index (κ1) is 24.6. The largest absolute Gasteiger partial charge is 0.497 e. The zero-order valence-corrected chi connectivity index (χ0v) is 20.2. The van der Waals surface area contributed by atoms with Crippen molar-refractivity contribution in [1.29, 1.82) is 0 Å². The van der Waals surface area contributed by atoms with Crippen molar-refractivity contribution in [1.82, 2.24) is 10.2 Å². The van der Waals surface area contributed by atoms with Crippen LogP contribution in [0.1, 0.15) is 22.9 Å². The van der Waals surface area contributed by atoms with Crippen LogP contribution >= 0.6 is 11.3 Å². The lowest BCUT2D eigenvalue weighted by Gasteiger charge is -2.34. The third-order valence-electron chi connectivity index (χ3n) is 5.62. The van der Waals surface area contributed by atoms with Gasteiger partial charge in [0, 0.05) is 24.6 Å². The molecule has 1 aliphatic heterocycles. The predicted molar refractivity (Wildman–Crippen MR) is 132 cm³/mol. The number of rotatable bonds is 10. The average Bonchev–Trinajstić information content (AvgIpc) is 3.43. The van der Waals surface area contributed by atoms with E-state index in [-0.39, 0.29) is 31.6 Å². The van der Waals surface area contributed by atoms with E-state index in [4.69, 9.17) is 14.2 Å². The summed E-state index contributed by atoms with van der Waals surface area (Å²) in [6.45, 7) is 0.411. The number of para-hydroxylation sites is 2. The van der Waals surface area contributed by atoms with Crippen molar-refractivity contribution in [2.45, 2.75) is 25.1 Å². The van der Waals surface area contributed by atoms with Crippen LogP contribution < -0.4 is 19.5 Å². The number of amides is 2. The molecule has 2 N–H and O–H groups in total. The lowest BCUT2D eigenvalue weighted by molar-refractivity contribution is -0.148. The van der Waals surface area contributed by atoms with Gasteiger partial charge in [-0.3, -0.25) is 9.59 Å². The summed E-state index contributed by atoms with van der Waals surface area (Å²) in [5, 5.41) is 14.3. The second-order valence-corrected chi connectivity index (χ2v) is 8.94. The summed E-state index contributed by atoms with van der Waals surface area (Å²) < 4.78 is 16.9. The molecule has 9 heteroatoms. The Bertz CT molecular complexity index is 1120. The number of carbonyl (C=O) groups excluding carboxylic acids is 2. The Balaban J connectivity index is 1.55. The average molecular weight is 497 g/mol. The van der Waals surface area contributed by atoms with E-state index >= 15 is 0 Å². The van der Waals surface area contributed by atoms with E-state index in [0.717, 1.165) is 16.2 Å². The van der Waals surface area contributed by atoms with Crippen LogP contribution in [0.3, 0.4) is 0 Å². The fourth-order valence-corrected chi connectivity index (χ4v) is 4.67. The third kappa shape index (κ3) is 5.93. The highest BCUT2D eigenvalue weighted by molar-refractivity contribution is 7.10. The summed E-state index contributed by atoms with van der Waals surface area (Å²) in [4.78, 5) is 29.3. The fraction of sp³-hybridized carbons (Fsp3) is 0.308. The minimum atomic E-state index is -0.902. The molecule has 0 fully saturated rings. The minimum absolute atomic E-state index is 0.0378. The first-order valence-electron chi connectivity index (χ1n) is 11.3. The Morgan fingerprint density at radius 1 is 1.14 bits per heavy atom. The minimum Gasteiger partial charge on any atom is -0.497 e. The highest BCUT2D eigenvalue weighted by Crippen LogP contribution is 2.33. The number of ether oxygens (including phenoxy) is 3. The van der Waals surface area contributed by atoms with Crippen molar-refractivity contribution in [3.05, 3.63) is 76.5 Å². The van der Waals surface area contributed by atoms with Gasteiger partial charge in [-0.25, -0.2) is 0 Å². The molecular weight excluding hydrogens is 468 g/mol. The molecular formula is C26H28N2O6S. The molecule has 1 aromatic heterocycles. The van der Waals surface area contributed by atoms with Crippen LogP contribution in [0.5, 0.6) is 17.2 Å². The molecule has 0 saturated heterocycles. The molecule has 2 amide bonds. The van der Waals surface area contributed by atoms with E-state index < -0.39 is 12.1 Å². The smallest absolute Gasteiger partial charge is 0.268 e. The molecule has 0 bridgehead atoms. The molecule has 0 aliphatic carbocycles. The molecule has 2 atom stereocenters. The molecule has 3 aromatic rings. The van der Waals surface area contributed by atoms with Crippen LogP contribution in [0.15, 0.2) is 66.0 Å². The van der Waals surface area contributed by atoms with Gasteiger partial charge in [0.2, 0.25) is 12.0 Å². The number of carbonyl (C=O) groups is 2. The second-order valence-electron chi connectivity index (χ2n) is 7.96. The van der Waals surface area contributed by atoms with Gasteiger partial charge < -0.3 is 29.5 Å². The van der Waals surface area contributed by atoms with Crippen molar-refractivity contribution in [3.63, 3.8) is 0 Å². The summed E-state index contributed by atoms with van der Waals surface area (Å²) in [7, 11) is 1.60. The highest BCUT2D eigenvalue weighted by atomic mass is 32.1. The normalized spacial score (nSPS) is 15.2. The molecule has 2 aromatic carbocycles. The predicted octanol–water partition coefficient (Wildman–Crippen LogP) is 3.17. The topological polar surface area (TPSA) is 97.3 Å². The molecule has 8 nitrogen and oxygen atoms in total. The van der Waals surface area contributed by atoms with Gasteiger partial charge in [0.1, 0.15) is 18.4 Å². The van der Waals surface area contributed by atoms with Gasteiger partial charge in [-0.1, -0.05) is 30.3 Å². The Morgan fingerprint density at radius 3 is 2.60 bits per heavy atom. The molecule has 0 unspecified atom stereocenters. The number of hydrogen-bond acceptors (Lipinski definition) is 7. The van der Waals surface area contributed by atoms with Crippen LogP contribution in [0.2, 0.25) is 0 Å². The van der Waals surface area contributed by atoms with Gasteiger partial charge in [-0.2, -0.15) is 0 Å². The first-order valence-corrected chi connectivity index (χ1v) is 12.2. The van der Waals surface area contributed by atoms with Gasteiger partial charge in [0.15, 0.2) is 11.5 Å². The number of aliphatic hydroxyl groups is 1. The van der Waals surface area contributed by atoms with E-state index in [1.165, 1.54) is 16.2 Å². The van der Waals surface area contributed by atoms with Crippen molar-refractivity contribution in [3.8, 4) is 17.2 Å². The van der Waals surface area contributed by atoms with E-state index in [2.05, 4.69) is 5.32 Å². The Hall–Kier alpha value is -3.56. The zero-order chi connectivity index (χ0) is 24.6. The van der Waals surface area contributed by atoms with Gasteiger partial charge in [0.25, 0.3) is 5.91 Å². The van der Waals surface area contributed by atoms with E-state index in [1.807, 2.05) is 47.8 Å². The van der Waals surface area contributed by atoms with Crippen molar-refractivity contribution >= 4 is 23.2 Å². The van der Waals surface area contributed by atoms with Crippen LogP contribution in [-0.2, 0) is 16.1 Å². The molecule has 2 heterocycles. The number of hydrogen-bond donors (Lipinski definition) is 2. The summed E-state index contributed by atoms with van der Waals surface area (Å²) in [5.74, 6) is 1.10. The number of nitrogens with one attached hydrogen (secondary N) is 1. The van der Waals surface area contributed by atoms with Gasteiger partial charge in [-0.15, -0.1) is 11.3 Å². The molecule has 35 heavy (non-hydrogen) atoms. The van der Waals surface area contributed by atoms with Crippen molar-refractivity contribution < 1.29 is 28.9 Å². The van der Waals surface area contributed by atoms with Crippen LogP contribution in [0.4, 0.5) is 0 Å². The number of nitrogens with zero attached hydrogens (tertiary/aromatic N) is 1. The van der Waals surface area contributed by atoms with E-state index in [0.29, 0.717) is 24.5 Å². The summed E-state index contributed by atoms with van der Waals surface area (Å²) in [6.07, 6.45) is -0.579. The van der Waals surface area contributed by atoms with Crippen LogP contribution in [0, 0.1) is 0 Å². The quantitative estimate of drug-likeness (QED) is 0.448. The van der Waals surface area contributed by atoms with Gasteiger partial charge in [-0.05, 0) is 47.7 Å². The summed E-state index contributed by atoms with van der Waals surface area (Å²) >= 11 is 1.39. The Labute approximate surface area is 208 Å². The monoisotopic (exact) mass is 496 g/mol. The van der Waals surface area contributed by atoms with Gasteiger partial charge in [0.05, 0.1) is 7.11 Å².